The van der Waals surface area contributed by atoms with Crippen molar-refractivity contribution in [2.75, 3.05) is 26.2 Å². The standard InChI is InChI=1S/C16H24N4O2/c1-13-11-16(22)19(12-17-13)10-9-18-7-4-14(5-8-18)20-6-2-3-15(20)21/h11-12,14H,2-10H2,1H3. The highest BCUT2D eigenvalue weighted by Crippen LogP contribution is 2.21. The molecule has 0 spiro atoms. The normalized spacial score (nSPS) is 20.8. The lowest BCUT2D eigenvalue weighted by molar-refractivity contribution is -0.130. The van der Waals surface area contributed by atoms with Crippen LogP contribution in [0, 0.1) is 6.92 Å². The van der Waals surface area contributed by atoms with Crippen LogP contribution in [0.25, 0.3) is 0 Å². The Morgan fingerprint density at radius 2 is 1.95 bits per heavy atom. The minimum absolute atomic E-state index is 0.0186. The highest BCUT2D eigenvalue weighted by molar-refractivity contribution is 5.78. The van der Waals surface area contributed by atoms with Crippen molar-refractivity contribution in [3.8, 4) is 0 Å². The fourth-order valence-corrected chi connectivity index (χ4v) is 3.44. The zero-order chi connectivity index (χ0) is 15.5. The Hall–Kier alpha value is -1.69. The van der Waals surface area contributed by atoms with Crippen LogP contribution in [0.1, 0.15) is 31.4 Å². The lowest BCUT2D eigenvalue weighted by Crippen LogP contribution is -2.46. The van der Waals surface area contributed by atoms with Gasteiger partial charge in [-0.2, -0.15) is 0 Å². The Bertz CT molecular complexity index is 590. The average Bonchev–Trinajstić information content (AvgIpc) is 2.93. The van der Waals surface area contributed by atoms with Gasteiger partial charge in [-0.1, -0.05) is 0 Å². The van der Waals surface area contributed by atoms with Crippen molar-refractivity contribution < 1.29 is 4.79 Å². The first-order valence-corrected chi connectivity index (χ1v) is 8.18. The third-order valence-corrected chi connectivity index (χ3v) is 4.78. The van der Waals surface area contributed by atoms with E-state index in [2.05, 4.69) is 14.8 Å². The Labute approximate surface area is 130 Å². The molecule has 1 aromatic heterocycles. The molecular formula is C16H24N4O2. The first kappa shape index (κ1) is 15.2. The van der Waals surface area contributed by atoms with E-state index in [0.29, 0.717) is 18.5 Å². The molecule has 0 saturated carbocycles. The number of rotatable bonds is 4. The molecule has 2 aliphatic rings. The van der Waals surface area contributed by atoms with Gasteiger partial charge >= 0.3 is 0 Å². The highest BCUT2D eigenvalue weighted by Gasteiger charge is 2.30. The summed E-state index contributed by atoms with van der Waals surface area (Å²) in [5, 5.41) is 0. The molecule has 0 atom stereocenters. The summed E-state index contributed by atoms with van der Waals surface area (Å²) in [6, 6.07) is 2.00. The number of hydrogen-bond donors (Lipinski definition) is 0. The molecule has 2 aliphatic heterocycles. The van der Waals surface area contributed by atoms with Gasteiger partial charge in [0.05, 0.1) is 6.33 Å². The number of carbonyl (C=O) groups excluding carboxylic acids is 1. The van der Waals surface area contributed by atoms with E-state index >= 15 is 0 Å². The Morgan fingerprint density at radius 3 is 2.59 bits per heavy atom. The largest absolute Gasteiger partial charge is 0.340 e. The Balaban J connectivity index is 1.48. The maximum Gasteiger partial charge on any atom is 0.253 e. The average molecular weight is 304 g/mol. The molecule has 3 rings (SSSR count). The van der Waals surface area contributed by atoms with Crippen LogP contribution in [-0.2, 0) is 11.3 Å². The predicted octanol–water partition coefficient (Wildman–Crippen LogP) is 0.639. The first-order valence-electron chi connectivity index (χ1n) is 8.18. The summed E-state index contributed by atoms with van der Waals surface area (Å²) in [5.74, 6) is 0.329. The van der Waals surface area contributed by atoms with Crippen molar-refractivity contribution in [2.24, 2.45) is 0 Å². The van der Waals surface area contributed by atoms with E-state index in [0.717, 1.165) is 57.6 Å². The summed E-state index contributed by atoms with van der Waals surface area (Å²) in [4.78, 5) is 32.3. The number of carbonyl (C=O) groups is 1. The maximum atomic E-state index is 11.8. The summed E-state index contributed by atoms with van der Waals surface area (Å²) >= 11 is 0. The molecule has 0 bridgehead atoms. The van der Waals surface area contributed by atoms with E-state index in [1.807, 2.05) is 6.92 Å². The molecule has 0 aliphatic carbocycles. The van der Waals surface area contributed by atoms with Crippen LogP contribution in [0.5, 0.6) is 0 Å². The third-order valence-electron chi connectivity index (χ3n) is 4.78. The summed E-state index contributed by atoms with van der Waals surface area (Å²) in [6.07, 6.45) is 5.47. The lowest BCUT2D eigenvalue weighted by atomic mass is 10.0. The molecule has 22 heavy (non-hydrogen) atoms. The second kappa shape index (κ2) is 6.60. The van der Waals surface area contributed by atoms with E-state index in [1.165, 1.54) is 0 Å². The SMILES string of the molecule is Cc1cc(=O)n(CCN2CCC(N3CCCC3=O)CC2)cn1. The quantitative estimate of drug-likeness (QED) is 0.819. The summed E-state index contributed by atoms with van der Waals surface area (Å²) in [6.45, 7) is 6.32. The van der Waals surface area contributed by atoms with Gasteiger partial charge in [-0.3, -0.25) is 14.2 Å². The Morgan fingerprint density at radius 1 is 1.18 bits per heavy atom. The second-order valence-corrected chi connectivity index (χ2v) is 6.33. The van der Waals surface area contributed by atoms with Gasteiger partial charge in [-0.05, 0) is 26.2 Å². The zero-order valence-corrected chi connectivity index (χ0v) is 13.2. The van der Waals surface area contributed by atoms with E-state index in [4.69, 9.17) is 0 Å². The van der Waals surface area contributed by atoms with Gasteiger partial charge in [0.2, 0.25) is 5.91 Å². The number of aryl methyl sites for hydroxylation is 1. The van der Waals surface area contributed by atoms with Crippen LogP contribution in [0.3, 0.4) is 0 Å². The molecular weight excluding hydrogens is 280 g/mol. The van der Waals surface area contributed by atoms with Crippen LogP contribution in [0.2, 0.25) is 0 Å². The van der Waals surface area contributed by atoms with Gasteiger partial charge in [0, 0.05) is 56.9 Å². The van der Waals surface area contributed by atoms with Crippen LogP contribution < -0.4 is 5.56 Å². The fourth-order valence-electron chi connectivity index (χ4n) is 3.44. The number of amides is 1. The minimum Gasteiger partial charge on any atom is -0.340 e. The van der Waals surface area contributed by atoms with Crippen molar-refractivity contribution in [3.05, 3.63) is 28.4 Å². The molecule has 6 nitrogen and oxygen atoms in total. The van der Waals surface area contributed by atoms with Gasteiger partial charge in [-0.15, -0.1) is 0 Å². The van der Waals surface area contributed by atoms with Gasteiger partial charge in [0.15, 0.2) is 0 Å². The summed E-state index contributed by atoms with van der Waals surface area (Å²) < 4.78 is 1.67. The predicted molar refractivity (Wildman–Crippen MR) is 83.6 cm³/mol. The third kappa shape index (κ3) is 3.38. The maximum absolute atomic E-state index is 11.8. The molecule has 0 radical (unpaired) electrons. The van der Waals surface area contributed by atoms with Crippen molar-refractivity contribution in [1.82, 2.24) is 19.4 Å². The van der Waals surface area contributed by atoms with Crippen LogP contribution in [0.4, 0.5) is 0 Å². The molecule has 1 amide bonds. The van der Waals surface area contributed by atoms with Gasteiger partial charge in [0.1, 0.15) is 0 Å². The van der Waals surface area contributed by atoms with Crippen LogP contribution >= 0.6 is 0 Å². The minimum atomic E-state index is 0.0186. The van der Waals surface area contributed by atoms with Crippen molar-refractivity contribution >= 4 is 5.91 Å². The van der Waals surface area contributed by atoms with Gasteiger partial charge in [0.25, 0.3) is 5.56 Å². The van der Waals surface area contributed by atoms with Crippen molar-refractivity contribution in [1.29, 1.82) is 0 Å². The molecule has 0 unspecified atom stereocenters. The van der Waals surface area contributed by atoms with Crippen molar-refractivity contribution in [2.45, 2.75) is 45.2 Å². The molecule has 0 aromatic carbocycles. The Kier molecular flexibility index (Phi) is 4.57. The number of hydrogen-bond acceptors (Lipinski definition) is 4. The molecule has 120 valence electrons. The smallest absolute Gasteiger partial charge is 0.253 e. The molecule has 2 saturated heterocycles. The molecule has 1 aromatic rings. The van der Waals surface area contributed by atoms with E-state index in [9.17, 15) is 9.59 Å². The molecule has 3 heterocycles. The fraction of sp³-hybridized carbons (Fsp3) is 0.688. The number of likely N-dealkylation sites (tertiary alicyclic amines) is 2. The first-order chi connectivity index (χ1) is 10.6. The van der Waals surface area contributed by atoms with Crippen LogP contribution in [0.15, 0.2) is 17.2 Å². The monoisotopic (exact) mass is 304 g/mol. The number of piperidine rings is 1. The molecule has 6 heteroatoms. The van der Waals surface area contributed by atoms with E-state index in [-0.39, 0.29) is 5.56 Å². The van der Waals surface area contributed by atoms with E-state index < -0.39 is 0 Å². The second-order valence-electron chi connectivity index (χ2n) is 6.33. The topological polar surface area (TPSA) is 58.4 Å². The number of aromatic nitrogens is 2. The summed E-state index contributed by atoms with van der Waals surface area (Å²) in [7, 11) is 0. The molecule has 2 fully saturated rings. The lowest BCUT2D eigenvalue weighted by Gasteiger charge is -2.36. The summed E-state index contributed by atoms with van der Waals surface area (Å²) in [5.41, 5.74) is 0.780. The van der Waals surface area contributed by atoms with Crippen LogP contribution in [-0.4, -0.2) is 57.5 Å². The van der Waals surface area contributed by atoms with E-state index in [1.54, 1.807) is 17.0 Å². The number of nitrogens with zero attached hydrogens (tertiary/aromatic N) is 4. The van der Waals surface area contributed by atoms with Gasteiger partial charge in [-0.25, -0.2) is 4.98 Å². The van der Waals surface area contributed by atoms with Gasteiger partial charge < -0.3 is 9.80 Å². The zero-order valence-electron chi connectivity index (χ0n) is 13.2. The van der Waals surface area contributed by atoms with Crippen molar-refractivity contribution in [3.63, 3.8) is 0 Å². The molecule has 0 N–H and O–H groups in total. The highest BCUT2D eigenvalue weighted by atomic mass is 16.2.